The molecule has 0 rings (SSSR count). The van der Waals surface area contributed by atoms with Crippen LogP contribution in [0.15, 0.2) is 0 Å². The summed E-state index contributed by atoms with van der Waals surface area (Å²) >= 11 is -5.35. The third-order valence-corrected chi connectivity index (χ3v) is 1.99. The van der Waals surface area contributed by atoms with Gasteiger partial charge in [0.05, 0.1) is 0 Å². The molecule has 0 aromatic rings. The molecule has 0 heterocycles. The molecule has 0 aliphatic carbocycles. The number of amides is 1. The van der Waals surface area contributed by atoms with E-state index in [1.54, 1.807) is 13.8 Å². The molecular weight excluding hydrogens is 247 g/mol. The van der Waals surface area contributed by atoms with Crippen LogP contribution in [0.4, 0.5) is 0 Å². The Balaban J connectivity index is 4.41. The summed E-state index contributed by atoms with van der Waals surface area (Å²) in [6.45, 7) is 4.20. The average molecular weight is 259 g/mol. The van der Waals surface area contributed by atoms with E-state index in [-0.39, 0.29) is 6.41 Å². The van der Waals surface area contributed by atoms with Gasteiger partial charge in [-0.1, -0.05) is 0 Å². The molecule has 0 unspecified atom stereocenters. The Morgan fingerprint density at radius 1 is 1.38 bits per heavy atom. The first-order chi connectivity index (χ1) is 5.94. The fourth-order valence-electron chi connectivity index (χ4n) is 0.730. The second-order valence-electron chi connectivity index (χ2n) is 2.05. The second kappa shape index (κ2) is 5.25. The molecule has 0 aromatic carbocycles. The maximum absolute atomic E-state index is 10.3. The fourth-order valence-corrected chi connectivity index (χ4v) is 1.41. The van der Waals surface area contributed by atoms with Crippen molar-refractivity contribution in [3.8, 4) is 0 Å². The zero-order valence-corrected chi connectivity index (χ0v) is 9.09. The van der Waals surface area contributed by atoms with Crippen LogP contribution in [-0.4, -0.2) is 47.2 Å². The van der Waals surface area contributed by atoms with Gasteiger partial charge in [-0.15, -0.1) is 0 Å². The molecule has 0 bridgehead atoms. The summed E-state index contributed by atoms with van der Waals surface area (Å²) in [5.41, 5.74) is 0. The summed E-state index contributed by atoms with van der Waals surface area (Å²) < 4.78 is 33.0. The predicted octanol–water partition coefficient (Wildman–Crippen LogP) is -1.08. The minimum absolute atomic E-state index is 0.172. The summed E-state index contributed by atoms with van der Waals surface area (Å²) in [5.74, 6) is 0. The van der Waals surface area contributed by atoms with Crippen LogP contribution in [-0.2, 0) is 16.4 Å². The summed E-state index contributed by atoms with van der Waals surface area (Å²) in [6.07, 6.45) is 0.172. The van der Waals surface area contributed by atoms with E-state index in [0.29, 0.717) is 18.3 Å². The van der Waals surface area contributed by atoms with Crippen molar-refractivity contribution in [3.05, 3.63) is 0 Å². The van der Waals surface area contributed by atoms with Crippen LogP contribution in [0.25, 0.3) is 0 Å². The van der Waals surface area contributed by atoms with Crippen molar-refractivity contribution in [1.29, 1.82) is 0 Å². The number of carbonyl (C=O) groups is 1. The minimum atomic E-state index is -5.35. The molecule has 13 heavy (non-hydrogen) atoms. The quantitative estimate of drug-likeness (QED) is 0.371. The second-order valence-corrected chi connectivity index (χ2v) is 4.16. The molecule has 0 atom stereocenters. The van der Waals surface area contributed by atoms with Crippen molar-refractivity contribution >= 4 is 19.8 Å². The number of rotatable bonds is 6. The third kappa shape index (κ3) is 4.91. The Bertz CT molecular complexity index is 248. The van der Waals surface area contributed by atoms with Crippen LogP contribution in [0.2, 0.25) is 0 Å². The number of hydrogen-bond acceptors (Lipinski definition) is 5. The molecule has 0 saturated heterocycles. The Kier molecular flexibility index (Phi) is 5.04. The summed E-state index contributed by atoms with van der Waals surface area (Å²) in [4.78, 5) is 10.3. The number of nitrogens with zero attached hydrogens (tertiary/aromatic N) is 2. The van der Waals surface area contributed by atoms with Crippen molar-refractivity contribution in [2.24, 2.45) is 0 Å². The first-order valence-electron chi connectivity index (χ1n) is 3.61. The zero-order valence-electron chi connectivity index (χ0n) is 7.37. The van der Waals surface area contributed by atoms with Gasteiger partial charge in [0.25, 0.3) is 0 Å². The molecule has 0 fully saturated rings. The van der Waals surface area contributed by atoms with Crippen LogP contribution < -0.4 is 0 Å². The molecule has 0 saturated carbocycles. The van der Waals surface area contributed by atoms with E-state index in [4.69, 9.17) is 4.19 Å². The van der Waals surface area contributed by atoms with Gasteiger partial charge in [-0.3, -0.25) is 0 Å². The molecular formula is C5H12N2O5Se. The van der Waals surface area contributed by atoms with Gasteiger partial charge in [0, 0.05) is 0 Å². The Morgan fingerprint density at radius 2 is 1.85 bits per heavy atom. The van der Waals surface area contributed by atoms with Crippen LogP contribution in [0.1, 0.15) is 13.8 Å². The third-order valence-electron chi connectivity index (χ3n) is 1.27. The van der Waals surface area contributed by atoms with Gasteiger partial charge >= 0.3 is 77.5 Å². The normalized spacial score (nSPS) is 11.7. The van der Waals surface area contributed by atoms with Crippen LogP contribution in [0, 0.1) is 0 Å². The number of carbonyl (C=O) groups excluding carboxylic acids is 1. The number of hydroxylamine groups is 1. The molecule has 1 N–H and O–H groups in total. The Morgan fingerprint density at radius 3 is 2.08 bits per heavy atom. The van der Waals surface area contributed by atoms with Crippen molar-refractivity contribution in [1.82, 2.24) is 10.2 Å². The Hall–Kier alpha value is -0.531. The molecule has 0 radical (unpaired) electrons. The SMILES string of the molecule is CCN(CC)N(C=O)O[Se](=O)(=O)O. The fraction of sp³-hybridized carbons (Fsp3) is 0.800. The van der Waals surface area contributed by atoms with Gasteiger partial charge in [-0.05, 0) is 0 Å². The van der Waals surface area contributed by atoms with Crippen molar-refractivity contribution in [2.75, 3.05) is 13.1 Å². The van der Waals surface area contributed by atoms with Gasteiger partial charge in [0.1, 0.15) is 0 Å². The molecule has 0 aliphatic rings. The van der Waals surface area contributed by atoms with Crippen molar-refractivity contribution < 1.29 is 20.6 Å². The predicted molar refractivity (Wildman–Crippen MR) is 41.3 cm³/mol. The monoisotopic (exact) mass is 260 g/mol. The Labute approximate surface area is 78.1 Å². The van der Waals surface area contributed by atoms with Gasteiger partial charge < -0.3 is 0 Å². The van der Waals surface area contributed by atoms with Gasteiger partial charge in [0.2, 0.25) is 0 Å². The molecule has 0 aromatic heterocycles. The van der Waals surface area contributed by atoms with E-state index in [0.717, 1.165) is 0 Å². The zero-order chi connectivity index (χ0) is 10.5. The summed E-state index contributed by atoms with van der Waals surface area (Å²) in [7, 11) is 0. The molecule has 1 amide bonds. The van der Waals surface area contributed by atoms with Crippen LogP contribution in [0.5, 0.6) is 0 Å². The van der Waals surface area contributed by atoms with Crippen LogP contribution in [0.3, 0.4) is 0 Å². The summed E-state index contributed by atoms with van der Waals surface area (Å²) in [6, 6.07) is 0. The number of hydrazine groups is 1. The van der Waals surface area contributed by atoms with E-state index in [2.05, 4.69) is 3.92 Å². The van der Waals surface area contributed by atoms with Crippen molar-refractivity contribution in [2.45, 2.75) is 13.8 Å². The average Bonchev–Trinajstić information content (AvgIpc) is 2.02. The molecule has 0 aliphatic heterocycles. The van der Waals surface area contributed by atoms with E-state index in [1.165, 1.54) is 5.01 Å². The van der Waals surface area contributed by atoms with E-state index >= 15 is 0 Å². The molecule has 7 nitrogen and oxygen atoms in total. The van der Waals surface area contributed by atoms with E-state index < -0.39 is 13.4 Å². The van der Waals surface area contributed by atoms with Crippen LogP contribution >= 0.6 is 0 Å². The topological polar surface area (TPSA) is 87.2 Å². The van der Waals surface area contributed by atoms with Gasteiger partial charge in [-0.25, -0.2) is 0 Å². The van der Waals surface area contributed by atoms with Gasteiger partial charge in [-0.2, -0.15) is 0 Å². The first-order valence-corrected chi connectivity index (χ1v) is 6.47. The molecule has 8 heteroatoms. The summed E-state index contributed by atoms with van der Waals surface area (Å²) in [5, 5.41) is 1.76. The number of hydrogen-bond donors (Lipinski definition) is 1. The first kappa shape index (κ1) is 12.5. The molecule has 0 spiro atoms. The van der Waals surface area contributed by atoms with E-state index in [1.807, 2.05) is 0 Å². The van der Waals surface area contributed by atoms with Gasteiger partial charge in [0.15, 0.2) is 0 Å². The van der Waals surface area contributed by atoms with Crippen molar-refractivity contribution in [3.63, 3.8) is 0 Å². The maximum atomic E-state index is 10.3. The molecule has 78 valence electrons. The standard InChI is InChI=1S/C5H12N2O5Se/c1-3-6(4-2)7(5-8)12-13(9,10)11/h5H,3-4H2,1-2H3,(H,9,10,11). The van der Waals surface area contributed by atoms with E-state index in [9.17, 15) is 12.5 Å².